The van der Waals surface area contributed by atoms with Gasteiger partial charge >= 0.3 is 0 Å². The van der Waals surface area contributed by atoms with E-state index in [1.807, 2.05) is 0 Å². The molecule has 1 aromatic heterocycles. The van der Waals surface area contributed by atoms with Crippen LogP contribution in [0.3, 0.4) is 0 Å². The lowest BCUT2D eigenvalue weighted by Crippen LogP contribution is -2.31. The van der Waals surface area contributed by atoms with E-state index in [1.165, 1.54) is 20.8 Å². The zero-order valence-electron chi connectivity index (χ0n) is 8.62. The van der Waals surface area contributed by atoms with E-state index in [9.17, 15) is 15.3 Å². The van der Waals surface area contributed by atoms with Crippen molar-refractivity contribution < 1.29 is 11.0 Å². The van der Waals surface area contributed by atoms with E-state index in [1.54, 1.807) is 0 Å². The zero-order valence-corrected chi connectivity index (χ0v) is 7.62. The highest BCUT2D eigenvalue weighted by atomic mass is 16.6. The number of rotatable bonds is 1. The third kappa shape index (κ3) is 1.44. The molecule has 0 radical (unpaired) electrons. The summed E-state index contributed by atoms with van der Waals surface area (Å²) in [6.45, 7) is 4.38. The van der Waals surface area contributed by atoms with Crippen molar-refractivity contribution in [2.24, 2.45) is 0 Å². The highest BCUT2D eigenvalue weighted by molar-refractivity contribution is 5.45. The van der Waals surface area contributed by atoms with Gasteiger partial charge in [-0.25, -0.2) is 0 Å². The molecule has 0 aliphatic heterocycles. The van der Waals surface area contributed by atoms with Crippen molar-refractivity contribution in [1.29, 1.82) is 0 Å². The zero-order chi connectivity index (χ0) is 11.0. The minimum Gasteiger partial charge on any atom is -0.618 e. The summed E-state index contributed by atoms with van der Waals surface area (Å²) in [5.41, 5.74) is 0.485. The normalized spacial score (nSPS) is 11.2. The van der Waals surface area contributed by atoms with Gasteiger partial charge < -0.3 is 5.21 Å². The predicted octanol–water partition coefficient (Wildman–Crippen LogP) is 1.15. The molecule has 0 spiro atoms. The molecular weight excluding hydrogens is 172 g/mol. The summed E-state index contributed by atoms with van der Waals surface area (Å²) in [6, 6.07) is 0. The van der Waals surface area contributed by atoms with Crippen LogP contribution in [0, 0.1) is 36.1 Å². The minimum atomic E-state index is -0.560. The summed E-state index contributed by atoms with van der Waals surface area (Å²) in [5, 5.41) is 22.0. The fourth-order valence-electron chi connectivity index (χ4n) is 1.17. The Morgan fingerprint density at radius 2 is 2.08 bits per heavy atom. The number of hydrogen-bond acceptors (Lipinski definition) is 3. The van der Waals surface area contributed by atoms with Gasteiger partial charge in [-0.1, -0.05) is 0 Å². The minimum absolute atomic E-state index is 0.105. The van der Waals surface area contributed by atoms with E-state index in [-0.39, 0.29) is 23.1 Å². The molecule has 13 heavy (non-hydrogen) atoms. The highest BCUT2D eigenvalue weighted by Gasteiger charge is 2.21. The molecule has 0 amide bonds. The Morgan fingerprint density at radius 3 is 2.54 bits per heavy atom. The van der Waals surface area contributed by atoms with Crippen LogP contribution in [-0.4, -0.2) is 4.92 Å². The van der Waals surface area contributed by atoms with E-state index < -0.39 is 4.92 Å². The summed E-state index contributed by atoms with van der Waals surface area (Å²) < 4.78 is 7.76. The summed E-state index contributed by atoms with van der Waals surface area (Å²) in [4.78, 5) is 10.1. The van der Waals surface area contributed by atoms with Crippen LogP contribution in [0.25, 0.3) is 0 Å². The molecule has 1 heterocycles. The van der Waals surface area contributed by atoms with E-state index >= 15 is 0 Å². The molecular formula is C8H10N2O3. The largest absolute Gasteiger partial charge is 0.618 e. The molecule has 0 fully saturated rings. The van der Waals surface area contributed by atoms with Crippen molar-refractivity contribution in [3.8, 4) is 0 Å². The Hall–Kier alpha value is -1.65. The van der Waals surface area contributed by atoms with Gasteiger partial charge in [0.25, 0.3) is 5.69 Å². The number of pyridine rings is 1. The molecule has 5 nitrogen and oxygen atoms in total. The van der Waals surface area contributed by atoms with Crippen LogP contribution < -0.4 is 4.73 Å². The molecule has 0 aliphatic carbocycles. The Labute approximate surface area is 76.8 Å². The Bertz CT molecular complexity index is 389. The van der Waals surface area contributed by atoms with Crippen molar-refractivity contribution in [2.45, 2.75) is 20.8 Å². The van der Waals surface area contributed by atoms with Gasteiger partial charge in [0.15, 0.2) is 11.9 Å². The molecule has 0 saturated heterocycles. The summed E-state index contributed by atoms with van der Waals surface area (Å²) in [6.07, 6.45) is -0.361. The second-order valence-electron chi connectivity index (χ2n) is 2.85. The van der Waals surface area contributed by atoms with Gasteiger partial charge in [-0.3, -0.25) is 10.1 Å². The molecule has 0 aliphatic rings. The highest BCUT2D eigenvalue weighted by Crippen LogP contribution is 2.22. The first-order valence-electron chi connectivity index (χ1n) is 4.22. The monoisotopic (exact) mass is 183 g/mol. The van der Waals surface area contributed by atoms with E-state index in [0.29, 0.717) is 10.3 Å². The standard InChI is InChI=1S/C8H10N2O3/c1-5-4-9(11)7(3)6(2)8(5)10(12)13/h4H,1-3H3/i4D. The van der Waals surface area contributed by atoms with Crippen molar-refractivity contribution in [1.82, 2.24) is 0 Å². The fraction of sp³-hybridized carbons (Fsp3) is 0.375. The third-order valence-electron chi connectivity index (χ3n) is 2.01. The average molecular weight is 183 g/mol. The quantitative estimate of drug-likeness (QED) is 0.284. The number of hydrogen-bond donors (Lipinski definition) is 0. The molecule has 0 N–H and O–H groups in total. The van der Waals surface area contributed by atoms with Gasteiger partial charge in [-0.05, 0) is 13.8 Å². The molecule has 0 atom stereocenters. The lowest BCUT2D eigenvalue weighted by molar-refractivity contribution is -0.613. The first-order chi connectivity index (χ1) is 6.37. The SMILES string of the molecule is [2H]c1c(C)c([N+](=O)[O-])c(C)c(C)[n+]1[O-]. The molecule has 70 valence electrons. The van der Waals surface area contributed by atoms with Crippen molar-refractivity contribution in [2.75, 3.05) is 0 Å². The van der Waals surface area contributed by atoms with Crippen LogP contribution in [0.15, 0.2) is 6.17 Å². The fourth-order valence-corrected chi connectivity index (χ4v) is 1.17. The topological polar surface area (TPSA) is 70.1 Å². The van der Waals surface area contributed by atoms with E-state index in [0.717, 1.165) is 0 Å². The molecule has 5 heteroatoms. The van der Waals surface area contributed by atoms with Gasteiger partial charge in [0.2, 0.25) is 0 Å². The Balaban J connectivity index is 3.68. The first kappa shape index (κ1) is 7.97. The van der Waals surface area contributed by atoms with E-state index in [2.05, 4.69) is 0 Å². The predicted molar refractivity (Wildman–Crippen MR) is 46.3 cm³/mol. The number of nitrogens with zero attached hydrogens (tertiary/aromatic N) is 2. The van der Waals surface area contributed by atoms with Crippen LogP contribution in [0.4, 0.5) is 5.69 Å². The average Bonchev–Trinajstić information content (AvgIpc) is 2.11. The van der Waals surface area contributed by atoms with Crippen molar-refractivity contribution >= 4 is 5.69 Å². The lowest BCUT2D eigenvalue weighted by Gasteiger charge is -2.05. The molecule has 0 bridgehead atoms. The maximum absolute atomic E-state index is 11.3. The van der Waals surface area contributed by atoms with Crippen LogP contribution in [0.2, 0.25) is 0 Å². The van der Waals surface area contributed by atoms with Gasteiger partial charge in [0, 0.05) is 6.92 Å². The second-order valence-corrected chi connectivity index (χ2v) is 2.85. The van der Waals surface area contributed by atoms with Gasteiger partial charge in [-0.2, -0.15) is 4.73 Å². The molecule has 1 aromatic rings. The summed E-state index contributed by atoms with van der Waals surface area (Å²) >= 11 is 0. The van der Waals surface area contributed by atoms with Crippen LogP contribution >= 0.6 is 0 Å². The van der Waals surface area contributed by atoms with Gasteiger partial charge in [-0.15, -0.1) is 0 Å². The van der Waals surface area contributed by atoms with Gasteiger partial charge in [0.05, 0.1) is 16.1 Å². The van der Waals surface area contributed by atoms with E-state index in [4.69, 9.17) is 1.37 Å². The smallest absolute Gasteiger partial charge is 0.287 e. The summed E-state index contributed by atoms with van der Waals surface area (Å²) in [7, 11) is 0. The third-order valence-corrected chi connectivity index (χ3v) is 2.01. The van der Waals surface area contributed by atoms with Crippen molar-refractivity contribution in [3.05, 3.63) is 38.3 Å². The van der Waals surface area contributed by atoms with Gasteiger partial charge in [0.1, 0.15) is 1.37 Å². The Morgan fingerprint density at radius 1 is 1.54 bits per heavy atom. The van der Waals surface area contributed by atoms with Crippen molar-refractivity contribution in [3.63, 3.8) is 0 Å². The molecule has 1 rings (SSSR count). The Kier molecular flexibility index (Phi) is 1.84. The molecule has 0 aromatic carbocycles. The molecule has 0 unspecified atom stereocenters. The van der Waals surface area contributed by atoms with Crippen LogP contribution in [0.5, 0.6) is 0 Å². The second kappa shape index (κ2) is 3.01. The number of aromatic nitrogens is 1. The maximum Gasteiger partial charge on any atom is 0.287 e. The summed E-state index contributed by atoms with van der Waals surface area (Å²) in [5.74, 6) is 0. The van der Waals surface area contributed by atoms with Crippen LogP contribution in [0.1, 0.15) is 18.2 Å². The number of nitro groups is 1. The first-order valence-corrected chi connectivity index (χ1v) is 3.72. The lowest BCUT2D eigenvalue weighted by atomic mass is 10.1. The van der Waals surface area contributed by atoms with Crippen LogP contribution in [-0.2, 0) is 0 Å². The maximum atomic E-state index is 11.3. The molecule has 0 saturated carbocycles.